The minimum absolute atomic E-state index is 0. The second-order valence-electron chi connectivity index (χ2n) is 7.96. The van der Waals surface area contributed by atoms with Gasteiger partial charge in [0.15, 0.2) is 11.8 Å². The summed E-state index contributed by atoms with van der Waals surface area (Å²) in [4.78, 5) is 8.99. The number of fused-ring (bicyclic) bond motifs is 1. The first-order chi connectivity index (χ1) is 13.7. The SMILES string of the molecule is CCCOC1(CNC(=NC)NC2CCc3nc(COC)nn3C2)CCCCC1.I. The summed E-state index contributed by atoms with van der Waals surface area (Å²) in [5, 5.41) is 11.6. The third-order valence-corrected chi connectivity index (χ3v) is 5.69. The van der Waals surface area contributed by atoms with Gasteiger partial charge in [0.2, 0.25) is 0 Å². The van der Waals surface area contributed by atoms with Crippen molar-refractivity contribution in [3.8, 4) is 0 Å². The van der Waals surface area contributed by atoms with Gasteiger partial charge in [-0.05, 0) is 25.7 Å². The zero-order valence-electron chi connectivity index (χ0n) is 18.1. The van der Waals surface area contributed by atoms with Gasteiger partial charge in [-0.1, -0.05) is 26.2 Å². The molecule has 29 heavy (non-hydrogen) atoms. The van der Waals surface area contributed by atoms with E-state index < -0.39 is 0 Å². The van der Waals surface area contributed by atoms with Gasteiger partial charge in [-0.3, -0.25) is 4.99 Å². The van der Waals surface area contributed by atoms with Gasteiger partial charge >= 0.3 is 0 Å². The van der Waals surface area contributed by atoms with E-state index in [1.165, 1.54) is 19.3 Å². The quantitative estimate of drug-likeness (QED) is 0.312. The van der Waals surface area contributed by atoms with E-state index >= 15 is 0 Å². The molecule has 1 unspecified atom stereocenters. The number of halogens is 1. The average molecular weight is 520 g/mol. The Morgan fingerprint density at radius 2 is 2.10 bits per heavy atom. The largest absolute Gasteiger partial charge is 0.377 e. The Bertz CT molecular complexity index is 645. The van der Waals surface area contributed by atoms with E-state index in [1.807, 2.05) is 11.7 Å². The lowest BCUT2D eigenvalue weighted by molar-refractivity contribution is -0.0657. The van der Waals surface area contributed by atoms with E-state index in [-0.39, 0.29) is 35.6 Å². The second-order valence-corrected chi connectivity index (χ2v) is 7.96. The van der Waals surface area contributed by atoms with Gasteiger partial charge in [-0.15, -0.1) is 24.0 Å². The summed E-state index contributed by atoms with van der Waals surface area (Å²) >= 11 is 0. The number of rotatable bonds is 8. The highest BCUT2D eigenvalue weighted by atomic mass is 127. The number of aliphatic imine (C=N–C) groups is 1. The molecule has 2 N–H and O–H groups in total. The number of methoxy groups -OCH3 is 1. The highest BCUT2D eigenvalue weighted by Gasteiger charge is 2.33. The van der Waals surface area contributed by atoms with Crippen LogP contribution in [0.25, 0.3) is 0 Å². The van der Waals surface area contributed by atoms with Crippen LogP contribution in [0, 0.1) is 0 Å². The summed E-state index contributed by atoms with van der Waals surface area (Å²) in [5.41, 5.74) is -0.0490. The Hall–Kier alpha value is -0.940. The second kappa shape index (κ2) is 12.0. The molecule has 1 saturated carbocycles. The predicted octanol–water partition coefficient (Wildman–Crippen LogP) is 2.65. The molecular formula is C20H37IN6O2. The van der Waals surface area contributed by atoms with Gasteiger partial charge in [-0.25, -0.2) is 9.67 Å². The fourth-order valence-electron chi connectivity index (χ4n) is 4.19. The van der Waals surface area contributed by atoms with Crippen LogP contribution in [-0.4, -0.2) is 59.7 Å². The molecule has 0 aromatic carbocycles. The zero-order valence-corrected chi connectivity index (χ0v) is 20.4. The van der Waals surface area contributed by atoms with E-state index in [1.54, 1.807) is 7.11 Å². The van der Waals surface area contributed by atoms with Crippen LogP contribution in [0.3, 0.4) is 0 Å². The molecule has 0 spiro atoms. The summed E-state index contributed by atoms with van der Waals surface area (Å²) in [5.74, 6) is 2.64. The number of aryl methyl sites for hydroxylation is 1. The first kappa shape index (κ1) is 24.3. The molecule has 2 heterocycles. The molecule has 1 aliphatic heterocycles. The van der Waals surface area contributed by atoms with Gasteiger partial charge in [0.25, 0.3) is 0 Å². The molecule has 1 aromatic rings. The van der Waals surface area contributed by atoms with Crippen molar-refractivity contribution in [2.45, 2.75) is 83.1 Å². The van der Waals surface area contributed by atoms with E-state index in [4.69, 9.17) is 9.47 Å². The normalized spacial score (nSPS) is 21.2. The standard InChI is InChI=1S/C20H36N6O2.HI/c1-4-12-28-20(10-6-5-7-11-20)15-22-19(21-2)23-16-8-9-18-24-17(14-27-3)25-26(18)13-16;/h16H,4-15H2,1-3H3,(H2,21,22,23);1H. The molecule has 1 aliphatic carbocycles. The van der Waals surface area contributed by atoms with Crippen molar-refractivity contribution in [1.82, 2.24) is 25.4 Å². The number of nitrogens with one attached hydrogen (secondary N) is 2. The Morgan fingerprint density at radius 3 is 2.79 bits per heavy atom. The molecule has 0 radical (unpaired) electrons. The lowest BCUT2D eigenvalue weighted by Crippen LogP contribution is -2.52. The van der Waals surface area contributed by atoms with E-state index in [9.17, 15) is 0 Å². The summed E-state index contributed by atoms with van der Waals surface area (Å²) in [6.45, 7) is 5.07. The molecule has 0 amide bonds. The molecule has 0 bridgehead atoms. The summed E-state index contributed by atoms with van der Waals surface area (Å²) in [6, 6.07) is 0.287. The molecule has 3 rings (SSSR count). The van der Waals surface area contributed by atoms with Crippen LogP contribution in [0.15, 0.2) is 4.99 Å². The van der Waals surface area contributed by atoms with Crippen LogP contribution in [0.2, 0.25) is 0 Å². The van der Waals surface area contributed by atoms with Crippen molar-refractivity contribution in [2.24, 2.45) is 4.99 Å². The zero-order chi connectivity index (χ0) is 19.8. The van der Waals surface area contributed by atoms with Crippen molar-refractivity contribution < 1.29 is 9.47 Å². The number of nitrogens with zero attached hydrogens (tertiary/aromatic N) is 4. The number of ether oxygens (including phenoxy) is 2. The lowest BCUT2D eigenvalue weighted by Gasteiger charge is -2.38. The van der Waals surface area contributed by atoms with Crippen LogP contribution >= 0.6 is 24.0 Å². The molecule has 1 fully saturated rings. The van der Waals surface area contributed by atoms with Gasteiger partial charge in [0, 0.05) is 39.8 Å². The molecule has 8 nitrogen and oxygen atoms in total. The molecule has 166 valence electrons. The average Bonchev–Trinajstić information content (AvgIpc) is 3.12. The first-order valence-electron chi connectivity index (χ1n) is 10.7. The monoisotopic (exact) mass is 520 g/mol. The van der Waals surface area contributed by atoms with Gasteiger partial charge < -0.3 is 20.1 Å². The Kier molecular flexibility index (Phi) is 10.1. The topological polar surface area (TPSA) is 85.6 Å². The summed E-state index contributed by atoms with van der Waals surface area (Å²) in [7, 11) is 3.50. The molecule has 9 heteroatoms. The minimum atomic E-state index is -0.0490. The molecule has 1 aromatic heterocycles. The van der Waals surface area contributed by atoms with E-state index in [0.717, 1.165) is 69.4 Å². The fraction of sp³-hybridized carbons (Fsp3) is 0.850. The Morgan fingerprint density at radius 1 is 1.31 bits per heavy atom. The number of hydrogen-bond donors (Lipinski definition) is 2. The van der Waals surface area contributed by atoms with E-state index in [0.29, 0.717) is 6.61 Å². The maximum atomic E-state index is 6.30. The van der Waals surface area contributed by atoms with Crippen molar-refractivity contribution in [3.05, 3.63) is 11.6 Å². The van der Waals surface area contributed by atoms with Gasteiger partial charge in [0.1, 0.15) is 12.4 Å². The van der Waals surface area contributed by atoms with Crippen LogP contribution in [-0.2, 0) is 29.0 Å². The van der Waals surface area contributed by atoms with Crippen molar-refractivity contribution in [1.29, 1.82) is 0 Å². The third kappa shape index (κ3) is 6.78. The fourth-order valence-corrected chi connectivity index (χ4v) is 4.19. The van der Waals surface area contributed by atoms with Crippen LogP contribution < -0.4 is 10.6 Å². The van der Waals surface area contributed by atoms with E-state index in [2.05, 4.69) is 32.6 Å². The summed E-state index contributed by atoms with van der Waals surface area (Å²) in [6.07, 6.45) is 9.06. The smallest absolute Gasteiger partial charge is 0.191 e. The minimum Gasteiger partial charge on any atom is -0.377 e. The predicted molar refractivity (Wildman–Crippen MR) is 125 cm³/mol. The lowest BCUT2D eigenvalue weighted by atomic mass is 9.84. The van der Waals surface area contributed by atoms with Gasteiger partial charge in [0.05, 0.1) is 12.1 Å². The van der Waals surface area contributed by atoms with Crippen LogP contribution in [0.5, 0.6) is 0 Å². The number of guanidine groups is 1. The van der Waals surface area contributed by atoms with Crippen molar-refractivity contribution in [2.75, 3.05) is 27.3 Å². The van der Waals surface area contributed by atoms with Crippen molar-refractivity contribution in [3.63, 3.8) is 0 Å². The van der Waals surface area contributed by atoms with Crippen LogP contribution in [0.4, 0.5) is 0 Å². The maximum absolute atomic E-state index is 6.30. The van der Waals surface area contributed by atoms with Crippen LogP contribution in [0.1, 0.15) is 63.5 Å². The highest BCUT2D eigenvalue weighted by molar-refractivity contribution is 14.0. The first-order valence-corrected chi connectivity index (χ1v) is 10.7. The molecule has 0 saturated heterocycles. The molecule has 1 atom stereocenters. The number of hydrogen-bond acceptors (Lipinski definition) is 5. The molecule has 2 aliphatic rings. The van der Waals surface area contributed by atoms with Gasteiger partial charge in [-0.2, -0.15) is 5.10 Å². The molecular weight excluding hydrogens is 483 g/mol. The Balaban J connectivity index is 0.00000300. The Labute approximate surface area is 191 Å². The third-order valence-electron chi connectivity index (χ3n) is 5.69. The van der Waals surface area contributed by atoms with Crippen molar-refractivity contribution >= 4 is 29.9 Å². The highest BCUT2D eigenvalue weighted by Crippen LogP contribution is 2.31. The maximum Gasteiger partial charge on any atom is 0.191 e. The number of aromatic nitrogens is 3. The summed E-state index contributed by atoms with van der Waals surface area (Å²) < 4.78 is 13.4.